The molecule has 1 heterocycles. The second-order valence-corrected chi connectivity index (χ2v) is 10.1. The lowest BCUT2D eigenvalue weighted by Gasteiger charge is -2.30. The van der Waals surface area contributed by atoms with Crippen molar-refractivity contribution in [2.75, 3.05) is 22.7 Å². The van der Waals surface area contributed by atoms with Crippen LogP contribution in [0.1, 0.15) is 40.4 Å². The van der Waals surface area contributed by atoms with Crippen LogP contribution in [0.2, 0.25) is 0 Å². The van der Waals surface area contributed by atoms with Crippen LogP contribution in [-0.4, -0.2) is 32.6 Å². The average molecular weight is 477 g/mol. The predicted molar refractivity (Wildman–Crippen MR) is 136 cm³/mol. The van der Waals surface area contributed by atoms with E-state index >= 15 is 0 Å². The first-order valence-corrected chi connectivity index (χ1v) is 12.8. The van der Waals surface area contributed by atoms with Crippen LogP contribution in [0.4, 0.5) is 11.4 Å². The van der Waals surface area contributed by atoms with Crippen LogP contribution in [0, 0.1) is 6.92 Å². The van der Waals surface area contributed by atoms with Crippen molar-refractivity contribution in [1.82, 2.24) is 0 Å². The molecule has 0 aliphatic carbocycles. The van der Waals surface area contributed by atoms with Crippen molar-refractivity contribution >= 4 is 32.9 Å². The Kier molecular flexibility index (Phi) is 6.75. The molecular weight excluding hydrogens is 448 g/mol. The molecule has 7 heteroatoms. The molecule has 6 nitrogen and oxygen atoms in total. The number of hydrogen-bond acceptors (Lipinski definition) is 4. The molecule has 3 aromatic carbocycles. The van der Waals surface area contributed by atoms with Gasteiger partial charge in [-0.15, -0.1) is 0 Å². The third kappa shape index (κ3) is 4.99. The van der Waals surface area contributed by atoms with Crippen LogP contribution in [-0.2, 0) is 16.4 Å². The van der Waals surface area contributed by atoms with Crippen LogP contribution in [0.15, 0.2) is 77.7 Å². The molecule has 0 unspecified atom stereocenters. The Labute approximate surface area is 200 Å². The number of carboxylic acids is 1. The van der Waals surface area contributed by atoms with E-state index in [9.17, 15) is 18.3 Å². The number of nitrogens with zero attached hydrogens (tertiary/aromatic N) is 1. The third-order valence-electron chi connectivity index (χ3n) is 6.16. The Morgan fingerprint density at radius 2 is 1.79 bits per heavy atom. The van der Waals surface area contributed by atoms with Gasteiger partial charge >= 0.3 is 5.97 Å². The molecule has 0 atom stereocenters. The van der Waals surface area contributed by atoms with Gasteiger partial charge in [0.25, 0.3) is 10.0 Å². The molecule has 0 saturated heterocycles. The number of rotatable bonds is 7. The Balaban J connectivity index is 1.56. The van der Waals surface area contributed by atoms with Gasteiger partial charge in [0.15, 0.2) is 0 Å². The van der Waals surface area contributed by atoms with Gasteiger partial charge in [-0.05, 0) is 72.4 Å². The van der Waals surface area contributed by atoms with Crippen molar-refractivity contribution in [2.45, 2.75) is 31.6 Å². The normalized spacial score (nSPS) is 13.9. The molecule has 0 amide bonds. The summed E-state index contributed by atoms with van der Waals surface area (Å²) in [6.07, 6.45) is 3.75. The standard InChI is InChI=1S/C27H28N2O4S/c1-3-20-8-11-23(12-9-20)34(32,33)28-22-10-13-26(25(18-22)27(30)31)29-16-14-21(15-17-29)24-7-5-4-6-19(24)2/h4-14,18,28H,3,15-17H2,1-2H3,(H,30,31). The van der Waals surface area contributed by atoms with Crippen LogP contribution in [0.3, 0.4) is 0 Å². The third-order valence-corrected chi connectivity index (χ3v) is 7.56. The van der Waals surface area contributed by atoms with Gasteiger partial charge in [-0.2, -0.15) is 0 Å². The smallest absolute Gasteiger partial charge is 0.337 e. The first-order chi connectivity index (χ1) is 16.3. The molecule has 4 rings (SSSR count). The highest BCUT2D eigenvalue weighted by molar-refractivity contribution is 7.92. The molecule has 0 bridgehead atoms. The Bertz CT molecular complexity index is 1350. The quantitative estimate of drug-likeness (QED) is 0.480. The van der Waals surface area contributed by atoms with Crippen molar-refractivity contribution in [3.8, 4) is 0 Å². The molecule has 0 fully saturated rings. The number of sulfonamides is 1. The van der Waals surface area contributed by atoms with Gasteiger partial charge in [0, 0.05) is 18.8 Å². The van der Waals surface area contributed by atoms with E-state index in [0.29, 0.717) is 18.8 Å². The van der Waals surface area contributed by atoms with Gasteiger partial charge in [0.2, 0.25) is 0 Å². The molecule has 34 heavy (non-hydrogen) atoms. The number of anilines is 2. The van der Waals surface area contributed by atoms with Crippen molar-refractivity contribution in [1.29, 1.82) is 0 Å². The number of aryl methyl sites for hydroxylation is 2. The van der Waals surface area contributed by atoms with E-state index < -0.39 is 16.0 Å². The molecule has 1 aliphatic rings. The second kappa shape index (κ2) is 9.73. The first-order valence-electron chi connectivity index (χ1n) is 11.3. The minimum absolute atomic E-state index is 0.0641. The van der Waals surface area contributed by atoms with E-state index in [1.807, 2.05) is 24.0 Å². The summed E-state index contributed by atoms with van der Waals surface area (Å²) >= 11 is 0. The molecule has 1 aliphatic heterocycles. The fraction of sp³-hybridized carbons (Fsp3) is 0.222. The van der Waals surface area contributed by atoms with Crippen LogP contribution < -0.4 is 9.62 Å². The highest BCUT2D eigenvalue weighted by atomic mass is 32.2. The number of benzene rings is 3. The van der Waals surface area contributed by atoms with Crippen LogP contribution >= 0.6 is 0 Å². The fourth-order valence-electron chi connectivity index (χ4n) is 4.23. The van der Waals surface area contributed by atoms with E-state index in [1.165, 1.54) is 22.8 Å². The van der Waals surface area contributed by atoms with Crippen molar-refractivity contribution in [3.63, 3.8) is 0 Å². The number of hydrogen-bond donors (Lipinski definition) is 2. The Morgan fingerprint density at radius 1 is 1.06 bits per heavy atom. The monoisotopic (exact) mass is 476 g/mol. The predicted octanol–water partition coefficient (Wildman–Crippen LogP) is 5.35. The number of carbonyl (C=O) groups is 1. The largest absolute Gasteiger partial charge is 0.478 e. The van der Waals surface area contributed by atoms with E-state index in [0.717, 1.165) is 18.4 Å². The van der Waals surface area contributed by atoms with E-state index in [4.69, 9.17) is 0 Å². The maximum atomic E-state index is 12.8. The SMILES string of the molecule is CCc1ccc(S(=O)(=O)Nc2ccc(N3CC=C(c4ccccc4C)CC3)c(C(=O)O)c2)cc1. The molecule has 176 valence electrons. The van der Waals surface area contributed by atoms with Crippen LogP contribution in [0.25, 0.3) is 5.57 Å². The minimum atomic E-state index is -3.83. The molecule has 3 aromatic rings. The van der Waals surface area contributed by atoms with Gasteiger partial charge in [-0.3, -0.25) is 4.72 Å². The van der Waals surface area contributed by atoms with Crippen LogP contribution in [0.5, 0.6) is 0 Å². The Hall–Kier alpha value is -3.58. The fourth-order valence-corrected chi connectivity index (χ4v) is 5.28. The molecule has 0 aromatic heterocycles. The second-order valence-electron chi connectivity index (χ2n) is 8.38. The van der Waals surface area contributed by atoms with Crippen molar-refractivity contribution in [3.05, 3.63) is 95.1 Å². The van der Waals surface area contributed by atoms with Gasteiger partial charge in [0.05, 0.1) is 16.1 Å². The minimum Gasteiger partial charge on any atom is -0.478 e. The first kappa shape index (κ1) is 23.6. The topological polar surface area (TPSA) is 86.7 Å². The summed E-state index contributed by atoms with van der Waals surface area (Å²) in [4.78, 5) is 14.2. The maximum Gasteiger partial charge on any atom is 0.337 e. The maximum absolute atomic E-state index is 12.8. The number of nitrogens with one attached hydrogen (secondary N) is 1. The van der Waals surface area contributed by atoms with E-state index in [-0.39, 0.29) is 16.1 Å². The molecular formula is C27H28N2O4S. The lowest BCUT2D eigenvalue weighted by molar-refractivity contribution is 0.0697. The number of aromatic carboxylic acids is 1. The summed E-state index contributed by atoms with van der Waals surface area (Å²) in [5.74, 6) is -1.10. The van der Waals surface area contributed by atoms with Gasteiger partial charge in [-0.25, -0.2) is 13.2 Å². The van der Waals surface area contributed by atoms with Gasteiger partial charge in [0.1, 0.15) is 0 Å². The zero-order valence-electron chi connectivity index (χ0n) is 19.3. The van der Waals surface area contributed by atoms with Crippen molar-refractivity contribution < 1.29 is 18.3 Å². The summed E-state index contributed by atoms with van der Waals surface area (Å²) in [5.41, 5.74) is 5.58. The average Bonchev–Trinajstić information content (AvgIpc) is 2.84. The summed E-state index contributed by atoms with van der Waals surface area (Å²) in [7, 11) is -3.83. The Morgan fingerprint density at radius 3 is 2.41 bits per heavy atom. The zero-order chi connectivity index (χ0) is 24.3. The van der Waals surface area contributed by atoms with E-state index in [2.05, 4.69) is 29.9 Å². The molecule has 0 saturated carbocycles. The summed E-state index contributed by atoms with van der Waals surface area (Å²) < 4.78 is 28.1. The molecule has 2 N–H and O–H groups in total. The molecule has 0 spiro atoms. The summed E-state index contributed by atoms with van der Waals surface area (Å²) in [5, 5.41) is 9.84. The summed E-state index contributed by atoms with van der Waals surface area (Å²) in [6, 6.07) is 19.6. The lowest BCUT2D eigenvalue weighted by Crippen LogP contribution is -2.30. The zero-order valence-corrected chi connectivity index (χ0v) is 20.1. The van der Waals surface area contributed by atoms with Crippen molar-refractivity contribution in [2.24, 2.45) is 0 Å². The van der Waals surface area contributed by atoms with Gasteiger partial charge < -0.3 is 10.0 Å². The molecule has 0 radical (unpaired) electrons. The van der Waals surface area contributed by atoms with E-state index in [1.54, 1.807) is 36.4 Å². The highest BCUT2D eigenvalue weighted by Crippen LogP contribution is 2.31. The summed E-state index contributed by atoms with van der Waals surface area (Å²) in [6.45, 7) is 5.34. The number of carboxylic acid groups (broad SMARTS) is 1. The van der Waals surface area contributed by atoms with Gasteiger partial charge in [-0.1, -0.05) is 49.4 Å². The highest BCUT2D eigenvalue weighted by Gasteiger charge is 2.22. The lowest BCUT2D eigenvalue weighted by atomic mass is 9.95.